The van der Waals surface area contributed by atoms with Crippen molar-refractivity contribution in [2.24, 2.45) is 0 Å². The molecule has 32 heavy (non-hydrogen) atoms. The Balaban J connectivity index is 1.22. The summed E-state index contributed by atoms with van der Waals surface area (Å²) in [4.78, 5) is 28.9. The van der Waals surface area contributed by atoms with Crippen LogP contribution in [0.15, 0.2) is 12.3 Å². The highest BCUT2D eigenvalue weighted by Crippen LogP contribution is 2.24. The Bertz CT molecular complexity index is 712. The van der Waals surface area contributed by atoms with Gasteiger partial charge in [-0.05, 0) is 44.6 Å². The van der Waals surface area contributed by atoms with Crippen LogP contribution in [-0.2, 0) is 4.79 Å². The van der Waals surface area contributed by atoms with Crippen LogP contribution >= 0.6 is 0 Å². The molecule has 3 aliphatic rings. The molecule has 1 aromatic heterocycles. The van der Waals surface area contributed by atoms with Gasteiger partial charge in [0.2, 0.25) is 11.9 Å². The van der Waals surface area contributed by atoms with Gasteiger partial charge in [0.15, 0.2) is 0 Å². The number of likely N-dealkylation sites (tertiary alicyclic amines) is 2. The number of anilines is 2. The zero-order valence-electron chi connectivity index (χ0n) is 20.0. The van der Waals surface area contributed by atoms with Crippen LogP contribution in [0.4, 0.5) is 11.8 Å². The third kappa shape index (κ3) is 6.33. The molecule has 1 aromatic rings. The number of aromatic nitrogens is 2. The van der Waals surface area contributed by atoms with Crippen LogP contribution in [0.1, 0.15) is 77.6 Å². The normalized spacial score (nSPS) is 23.3. The summed E-state index contributed by atoms with van der Waals surface area (Å²) in [5.74, 6) is 2.20. The lowest BCUT2D eigenvalue weighted by atomic mass is 10.0. The molecule has 1 unspecified atom stereocenters. The maximum absolute atomic E-state index is 12.4. The van der Waals surface area contributed by atoms with Crippen molar-refractivity contribution >= 4 is 17.7 Å². The van der Waals surface area contributed by atoms with Crippen molar-refractivity contribution in [3.8, 4) is 0 Å². The predicted octanol–water partition coefficient (Wildman–Crippen LogP) is 3.91. The summed E-state index contributed by atoms with van der Waals surface area (Å²) in [6.45, 7) is 8.41. The van der Waals surface area contributed by atoms with Crippen molar-refractivity contribution in [2.45, 2.75) is 89.6 Å². The molecule has 3 aliphatic heterocycles. The van der Waals surface area contributed by atoms with Crippen LogP contribution in [0.5, 0.6) is 0 Å². The van der Waals surface area contributed by atoms with Gasteiger partial charge in [-0.15, -0.1) is 0 Å². The minimum absolute atomic E-state index is 0.360. The third-order valence-corrected chi connectivity index (χ3v) is 7.45. The fourth-order valence-electron chi connectivity index (χ4n) is 5.48. The number of rotatable bonds is 8. The Morgan fingerprint density at radius 2 is 1.81 bits per heavy atom. The number of piperidine rings is 1. The largest absolute Gasteiger partial charge is 0.356 e. The van der Waals surface area contributed by atoms with Gasteiger partial charge in [-0.2, -0.15) is 4.98 Å². The fraction of sp³-hybridized carbons (Fsp3) is 0.800. The van der Waals surface area contributed by atoms with Crippen LogP contribution in [0.25, 0.3) is 0 Å². The molecular formula is C25H42N6O. The van der Waals surface area contributed by atoms with Gasteiger partial charge in [-0.1, -0.05) is 32.6 Å². The monoisotopic (exact) mass is 442 g/mol. The van der Waals surface area contributed by atoms with E-state index in [9.17, 15) is 4.79 Å². The number of carbonyl (C=O) groups is 1. The molecule has 0 spiro atoms. The molecule has 3 saturated heterocycles. The molecule has 4 rings (SSSR count). The van der Waals surface area contributed by atoms with Crippen molar-refractivity contribution < 1.29 is 4.79 Å². The van der Waals surface area contributed by atoms with Gasteiger partial charge < -0.3 is 15.1 Å². The average molecular weight is 443 g/mol. The van der Waals surface area contributed by atoms with E-state index in [2.05, 4.69) is 38.0 Å². The minimum atomic E-state index is 0.360. The van der Waals surface area contributed by atoms with E-state index in [1.54, 1.807) is 0 Å². The van der Waals surface area contributed by atoms with Crippen molar-refractivity contribution in [2.75, 3.05) is 49.5 Å². The van der Waals surface area contributed by atoms with Gasteiger partial charge in [0.25, 0.3) is 0 Å². The van der Waals surface area contributed by atoms with Crippen LogP contribution < -0.4 is 10.2 Å². The number of amides is 1. The Morgan fingerprint density at radius 3 is 2.56 bits per heavy atom. The van der Waals surface area contributed by atoms with E-state index in [1.165, 1.54) is 32.1 Å². The highest BCUT2D eigenvalue weighted by atomic mass is 16.2. The van der Waals surface area contributed by atoms with E-state index in [4.69, 9.17) is 4.98 Å². The zero-order valence-corrected chi connectivity index (χ0v) is 20.0. The summed E-state index contributed by atoms with van der Waals surface area (Å²) >= 11 is 0. The minimum Gasteiger partial charge on any atom is -0.356 e. The Kier molecular flexibility index (Phi) is 8.60. The molecular weight excluding hydrogens is 400 g/mol. The van der Waals surface area contributed by atoms with Gasteiger partial charge in [-0.25, -0.2) is 4.98 Å². The number of hydrogen-bond acceptors (Lipinski definition) is 6. The topological polar surface area (TPSA) is 64.6 Å². The number of hydrogen-bond donors (Lipinski definition) is 1. The molecule has 178 valence electrons. The van der Waals surface area contributed by atoms with Gasteiger partial charge in [-0.3, -0.25) is 9.69 Å². The summed E-state index contributed by atoms with van der Waals surface area (Å²) in [7, 11) is 0. The average Bonchev–Trinajstić information content (AvgIpc) is 3.11. The van der Waals surface area contributed by atoms with E-state index in [0.29, 0.717) is 18.0 Å². The SMILES string of the molecule is CCCCCC(=O)N1CCC(N2CCC(Nc3nccc(N4CCCCCC4)n3)C2)CC1. The molecule has 3 fully saturated rings. The second kappa shape index (κ2) is 11.8. The second-order valence-corrected chi connectivity index (χ2v) is 9.83. The number of unbranched alkanes of at least 4 members (excludes halogenated alkanes) is 2. The maximum Gasteiger partial charge on any atom is 0.224 e. The standard InChI is InChI=1S/C25H42N6O/c1-2-3-6-9-24(32)30-18-12-22(13-19-30)31-17-11-21(20-31)27-25-26-14-10-23(28-25)29-15-7-4-5-8-16-29/h10,14,21-22H,2-9,11-13,15-20H2,1H3,(H,26,27,28). The van der Waals surface area contributed by atoms with E-state index in [1.807, 2.05) is 6.20 Å². The van der Waals surface area contributed by atoms with Crippen molar-refractivity contribution in [1.29, 1.82) is 0 Å². The number of nitrogens with one attached hydrogen (secondary N) is 1. The summed E-state index contributed by atoms with van der Waals surface area (Å²) in [5.41, 5.74) is 0. The van der Waals surface area contributed by atoms with Crippen molar-refractivity contribution in [1.82, 2.24) is 19.8 Å². The first-order valence-corrected chi connectivity index (χ1v) is 13.1. The van der Waals surface area contributed by atoms with E-state index < -0.39 is 0 Å². The molecule has 1 amide bonds. The first-order valence-electron chi connectivity index (χ1n) is 13.1. The highest BCUT2D eigenvalue weighted by Gasteiger charge is 2.32. The van der Waals surface area contributed by atoms with E-state index in [-0.39, 0.29) is 0 Å². The lowest BCUT2D eigenvalue weighted by Crippen LogP contribution is -2.46. The van der Waals surface area contributed by atoms with Crippen LogP contribution in [0, 0.1) is 0 Å². The van der Waals surface area contributed by atoms with Crippen LogP contribution in [-0.4, -0.2) is 77.0 Å². The summed E-state index contributed by atoms with van der Waals surface area (Å²) in [5, 5.41) is 3.61. The van der Waals surface area contributed by atoms with E-state index in [0.717, 1.165) is 89.6 Å². The molecule has 1 atom stereocenters. The molecule has 7 heteroatoms. The van der Waals surface area contributed by atoms with E-state index >= 15 is 0 Å². The molecule has 0 aromatic carbocycles. The zero-order chi connectivity index (χ0) is 22.2. The lowest BCUT2D eigenvalue weighted by Gasteiger charge is -2.37. The second-order valence-electron chi connectivity index (χ2n) is 9.83. The van der Waals surface area contributed by atoms with Crippen molar-refractivity contribution in [3.05, 3.63) is 12.3 Å². The first-order chi connectivity index (χ1) is 15.7. The van der Waals surface area contributed by atoms with Gasteiger partial charge in [0, 0.05) is 64.0 Å². The van der Waals surface area contributed by atoms with Gasteiger partial charge in [0.05, 0.1) is 0 Å². The highest BCUT2D eigenvalue weighted by molar-refractivity contribution is 5.76. The Morgan fingerprint density at radius 1 is 1.03 bits per heavy atom. The van der Waals surface area contributed by atoms with Crippen LogP contribution in [0.2, 0.25) is 0 Å². The molecule has 0 aliphatic carbocycles. The first kappa shape index (κ1) is 23.3. The van der Waals surface area contributed by atoms with Crippen molar-refractivity contribution in [3.63, 3.8) is 0 Å². The molecule has 4 heterocycles. The smallest absolute Gasteiger partial charge is 0.224 e. The lowest BCUT2D eigenvalue weighted by molar-refractivity contribution is -0.132. The quantitative estimate of drug-likeness (QED) is 0.616. The molecule has 0 saturated carbocycles. The number of carbonyl (C=O) groups excluding carboxylic acids is 1. The molecule has 1 N–H and O–H groups in total. The van der Waals surface area contributed by atoms with Gasteiger partial charge >= 0.3 is 0 Å². The summed E-state index contributed by atoms with van der Waals surface area (Å²) in [6.07, 6.45) is 14.5. The predicted molar refractivity (Wildman–Crippen MR) is 130 cm³/mol. The molecule has 0 bridgehead atoms. The fourth-order valence-corrected chi connectivity index (χ4v) is 5.48. The Labute approximate surface area is 194 Å². The number of nitrogens with zero attached hydrogens (tertiary/aromatic N) is 5. The molecule has 7 nitrogen and oxygen atoms in total. The summed E-state index contributed by atoms with van der Waals surface area (Å²) < 4.78 is 0. The van der Waals surface area contributed by atoms with Gasteiger partial charge in [0.1, 0.15) is 5.82 Å². The molecule has 0 radical (unpaired) electrons. The van der Waals surface area contributed by atoms with Crippen LogP contribution in [0.3, 0.4) is 0 Å². The maximum atomic E-state index is 12.4. The Hall–Kier alpha value is -1.89. The third-order valence-electron chi connectivity index (χ3n) is 7.45. The summed E-state index contributed by atoms with van der Waals surface area (Å²) in [6, 6.07) is 3.06.